The van der Waals surface area contributed by atoms with Crippen LogP contribution in [0.2, 0.25) is 0 Å². The SMILES string of the molecule is C1=CC2=Cc3c(sc4ccccc34)C2C=C1. The molecule has 1 unspecified atom stereocenters. The average Bonchev–Trinajstić information content (AvgIpc) is 2.85. The first-order valence-electron chi connectivity index (χ1n) is 5.51. The summed E-state index contributed by atoms with van der Waals surface area (Å²) in [7, 11) is 0. The van der Waals surface area contributed by atoms with Crippen molar-refractivity contribution in [3.05, 3.63) is 64.6 Å². The van der Waals surface area contributed by atoms with Gasteiger partial charge in [-0.15, -0.1) is 11.3 Å². The van der Waals surface area contributed by atoms with Crippen LogP contribution >= 0.6 is 11.3 Å². The molecule has 0 saturated heterocycles. The summed E-state index contributed by atoms with van der Waals surface area (Å²) in [5.74, 6) is 0.511. The molecule has 2 aromatic rings. The van der Waals surface area contributed by atoms with Crippen molar-refractivity contribution >= 4 is 27.5 Å². The molecule has 2 aliphatic rings. The van der Waals surface area contributed by atoms with Crippen LogP contribution in [-0.2, 0) is 0 Å². The van der Waals surface area contributed by atoms with Crippen LogP contribution < -0.4 is 0 Å². The van der Waals surface area contributed by atoms with Crippen LogP contribution in [0.1, 0.15) is 16.4 Å². The molecule has 76 valence electrons. The van der Waals surface area contributed by atoms with Crippen LogP contribution in [-0.4, -0.2) is 0 Å². The Bertz CT molecular complexity index is 668. The molecule has 1 heteroatoms. The molecule has 0 aliphatic heterocycles. The van der Waals surface area contributed by atoms with Crippen LogP contribution in [0.3, 0.4) is 0 Å². The highest BCUT2D eigenvalue weighted by molar-refractivity contribution is 7.19. The molecule has 0 fully saturated rings. The van der Waals surface area contributed by atoms with Crippen molar-refractivity contribution in [1.29, 1.82) is 0 Å². The largest absolute Gasteiger partial charge is 0.139 e. The van der Waals surface area contributed by atoms with Gasteiger partial charge in [-0.1, -0.05) is 42.5 Å². The van der Waals surface area contributed by atoms with Gasteiger partial charge in [0.05, 0.1) is 0 Å². The molecular weight excluding hydrogens is 212 g/mol. The molecule has 1 aromatic heterocycles. The lowest BCUT2D eigenvalue weighted by molar-refractivity contribution is 1.08. The lowest BCUT2D eigenvalue weighted by Gasteiger charge is -2.09. The van der Waals surface area contributed by atoms with Crippen molar-refractivity contribution < 1.29 is 0 Å². The van der Waals surface area contributed by atoms with E-state index in [2.05, 4.69) is 54.6 Å². The van der Waals surface area contributed by atoms with Gasteiger partial charge in [0, 0.05) is 20.9 Å². The zero-order chi connectivity index (χ0) is 10.5. The van der Waals surface area contributed by atoms with Crippen molar-refractivity contribution in [2.45, 2.75) is 5.92 Å². The number of thiophene rings is 1. The zero-order valence-electron chi connectivity index (χ0n) is 8.68. The molecule has 16 heavy (non-hydrogen) atoms. The van der Waals surface area contributed by atoms with Gasteiger partial charge in [0.1, 0.15) is 0 Å². The summed E-state index contributed by atoms with van der Waals surface area (Å²) in [5, 5.41) is 1.41. The van der Waals surface area contributed by atoms with E-state index >= 15 is 0 Å². The monoisotopic (exact) mass is 222 g/mol. The number of benzene rings is 1. The second-order valence-electron chi connectivity index (χ2n) is 4.24. The number of hydrogen-bond acceptors (Lipinski definition) is 1. The van der Waals surface area contributed by atoms with E-state index in [-0.39, 0.29) is 0 Å². The third-order valence-electron chi connectivity index (χ3n) is 3.32. The fourth-order valence-corrected chi connectivity index (χ4v) is 3.86. The van der Waals surface area contributed by atoms with Gasteiger partial charge < -0.3 is 0 Å². The van der Waals surface area contributed by atoms with E-state index < -0.39 is 0 Å². The van der Waals surface area contributed by atoms with Gasteiger partial charge in [0.2, 0.25) is 0 Å². The van der Waals surface area contributed by atoms with E-state index in [1.165, 1.54) is 26.1 Å². The molecule has 1 heterocycles. The Kier molecular flexibility index (Phi) is 1.58. The molecule has 1 atom stereocenters. The quantitative estimate of drug-likeness (QED) is 0.615. The third kappa shape index (κ3) is 0.987. The minimum Gasteiger partial charge on any atom is -0.139 e. The zero-order valence-corrected chi connectivity index (χ0v) is 9.50. The second-order valence-corrected chi connectivity index (χ2v) is 5.33. The minimum atomic E-state index is 0.511. The van der Waals surface area contributed by atoms with Crippen molar-refractivity contribution in [3.8, 4) is 0 Å². The smallest absolute Gasteiger partial charge is 0.0373 e. The first-order chi connectivity index (χ1) is 7.93. The lowest BCUT2D eigenvalue weighted by Crippen LogP contribution is -1.92. The Labute approximate surface area is 98.2 Å². The van der Waals surface area contributed by atoms with E-state index in [0.717, 1.165) is 0 Å². The molecule has 2 aliphatic carbocycles. The van der Waals surface area contributed by atoms with E-state index in [0.29, 0.717) is 5.92 Å². The summed E-state index contributed by atoms with van der Waals surface area (Å²) >= 11 is 1.93. The Hall–Kier alpha value is -1.60. The molecule has 0 saturated carbocycles. The molecule has 0 radical (unpaired) electrons. The summed E-state index contributed by atoms with van der Waals surface area (Å²) in [5.41, 5.74) is 2.88. The molecule has 0 bridgehead atoms. The second kappa shape index (κ2) is 2.96. The Morgan fingerprint density at radius 1 is 1.06 bits per heavy atom. The fraction of sp³-hybridized carbons (Fsp3) is 0.0667. The maximum atomic E-state index is 2.35. The van der Waals surface area contributed by atoms with Crippen LogP contribution in [0.25, 0.3) is 16.2 Å². The molecule has 4 rings (SSSR count). The van der Waals surface area contributed by atoms with Gasteiger partial charge in [-0.05, 0) is 23.3 Å². The van der Waals surface area contributed by atoms with Crippen molar-refractivity contribution in [1.82, 2.24) is 0 Å². The molecule has 0 N–H and O–H groups in total. The third-order valence-corrected chi connectivity index (χ3v) is 4.59. The maximum Gasteiger partial charge on any atom is 0.0373 e. The van der Waals surface area contributed by atoms with Crippen molar-refractivity contribution in [3.63, 3.8) is 0 Å². The highest BCUT2D eigenvalue weighted by atomic mass is 32.1. The molecule has 0 amide bonds. The average molecular weight is 222 g/mol. The summed E-state index contributed by atoms with van der Waals surface area (Å²) in [6.45, 7) is 0. The normalized spacial score (nSPS) is 21.0. The van der Waals surface area contributed by atoms with E-state index in [1.807, 2.05) is 11.3 Å². The predicted octanol–water partition coefficient (Wildman–Crippen LogP) is 4.51. The fourth-order valence-electron chi connectivity index (χ4n) is 2.56. The van der Waals surface area contributed by atoms with Crippen LogP contribution in [0, 0.1) is 0 Å². The molecule has 0 spiro atoms. The first kappa shape index (κ1) is 8.54. The Balaban J connectivity index is 2.07. The highest BCUT2D eigenvalue weighted by Crippen LogP contribution is 2.47. The van der Waals surface area contributed by atoms with Gasteiger partial charge >= 0.3 is 0 Å². The number of fused-ring (bicyclic) bond motifs is 5. The van der Waals surface area contributed by atoms with Crippen LogP contribution in [0.15, 0.2) is 54.1 Å². The van der Waals surface area contributed by atoms with E-state index in [1.54, 1.807) is 0 Å². The van der Waals surface area contributed by atoms with Gasteiger partial charge in [0.25, 0.3) is 0 Å². The highest BCUT2D eigenvalue weighted by Gasteiger charge is 2.26. The first-order valence-corrected chi connectivity index (χ1v) is 6.33. The standard InChI is InChI=1S/C15H10S/c1-2-6-11-10(5-1)9-13-12-7-3-4-8-14(12)16-15(11)13/h1-9,11H. The number of rotatable bonds is 0. The van der Waals surface area contributed by atoms with Crippen LogP contribution in [0.4, 0.5) is 0 Å². The molecule has 1 aromatic carbocycles. The summed E-state index contributed by atoms with van der Waals surface area (Å²) in [6.07, 6.45) is 11.2. The summed E-state index contributed by atoms with van der Waals surface area (Å²) in [4.78, 5) is 1.51. The molecular formula is C15H10S. The topological polar surface area (TPSA) is 0 Å². The minimum absolute atomic E-state index is 0.511. The lowest BCUT2D eigenvalue weighted by atomic mass is 9.98. The van der Waals surface area contributed by atoms with Gasteiger partial charge in [-0.25, -0.2) is 0 Å². The Morgan fingerprint density at radius 2 is 2.00 bits per heavy atom. The van der Waals surface area contributed by atoms with Gasteiger partial charge in [-0.2, -0.15) is 0 Å². The summed E-state index contributed by atoms with van der Waals surface area (Å²) in [6, 6.07) is 8.69. The Morgan fingerprint density at radius 3 is 3.00 bits per heavy atom. The number of allylic oxidation sites excluding steroid dienone is 5. The predicted molar refractivity (Wildman–Crippen MR) is 70.8 cm³/mol. The number of hydrogen-bond donors (Lipinski definition) is 0. The van der Waals surface area contributed by atoms with Crippen molar-refractivity contribution in [2.24, 2.45) is 0 Å². The van der Waals surface area contributed by atoms with E-state index in [4.69, 9.17) is 0 Å². The van der Waals surface area contributed by atoms with Gasteiger partial charge in [-0.3, -0.25) is 0 Å². The van der Waals surface area contributed by atoms with Gasteiger partial charge in [0.15, 0.2) is 0 Å². The van der Waals surface area contributed by atoms with Crippen molar-refractivity contribution in [2.75, 3.05) is 0 Å². The van der Waals surface area contributed by atoms with Crippen LogP contribution in [0.5, 0.6) is 0 Å². The summed E-state index contributed by atoms with van der Waals surface area (Å²) < 4.78 is 1.41. The molecule has 0 nitrogen and oxygen atoms in total. The van der Waals surface area contributed by atoms with E-state index in [9.17, 15) is 0 Å². The maximum absolute atomic E-state index is 2.35.